The second-order valence-electron chi connectivity index (χ2n) is 5.57. The van der Waals surface area contributed by atoms with E-state index in [9.17, 15) is 0 Å². The lowest BCUT2D eigenvalue weighted by atomic mass is 10.0. The van der Waals surface area contributed by atoms with Crippen molar-refractivity contribution in [2.75, 3.05) is 39.3 Å². The normalized spacial score (nSPS) is 33.5. The Morgan fingerprint density at radius 3 is 2.76 bits per heavy atom. The Kier molecular flexibility index (Phi) is 5.26. The van der Waals surface area contributed by atoms with Crippen LogP contribution in [-0.2, 0) is 0 Å². The summed E-state index contributed by atoms with van der Waals surface area (Å²) in [5, 5.41) is 3.67. The van der Waals surface area contributed by atoms with Crippen molar-refractivity contribution in [3.05, 3.63) is 0 Å². The van der Waals surface area contributed by atoms with E-state index in [0.717, 1.165) is 12.1 Å². The van der Waals surface area contributed by atoms with E-state index in [1.807, 2.05) is 0 Å². The van der Waals surface area contributed by atoms with Crippen molar-refractivity contribution in [2.24, 2.45) is 0 Å². The zero-order valence-electron chi connectivity index (χ0n) is 11.6. The van der Waals surface area contributed by atoms with Crippen molar-refractivity contribution >= 4 is 0 Å². The molecule has 100 valence electrons. The number of hydrogen-bond donors (Lipinski definition) is 1. The molecule has 2 heterocycles. The third-order valence-corrected chi connectivity index (χ3v) is 4.53. The van der Waals surface area contributed by atoms with Crippen molar-refractivity contribution in [3.8, 4) is 0 Å². The van der Waals surface area contributed by atoms with Gasteiger partial charge in [-0.1, -0.05) is 13.8 Å². The van der Waals surface area contributed by atoms with E-state index >= 15 is 0 Å². The van der Waals surface area contributed by atoms with Gasteiger partial charge in [-0.15, -0.1) is 0 Å². The van der Waals surface area contributed by atoms with Crippen LogP contribution in [0.4, 0.5) is 0 Å². The predicted octanol–water partition coefficient (Wildman–Crippen LogP) is 1.54. The molecule has 3 heteroatoms. The molecule has 0 amide bonds. The number of hydrogen-bond acceptors (Lipinski definition) is 3. The lowest BCUT2D eigenvalue weighted by Gasteiger charge is -2.38. The maximum Gasteiger partial charge on any atom is 0.0224 e. The Bertz CT molecular complexity index is 220. The van der Waals surface area contributed by atoms with Gasteiger partial charge in [-0.2, -0.15) is 0 Å². The summed E-state index contributed by atoms with van der Waals surface area (Å²) in [4.78, 5) is 5.36. The molecule has 2 aliphatic heterocycles. The van der Waals surface area contributed by atoms with Gasteiger partial charge < -0.3 is 10.2 Å². The van der Waals surface area contributed by atoms with Crippen molar-refractivity contribution in [3.63, 3.8) is 0 Å². The number of piperidine rings is 1. The number of likely N-dealkylation sites (N-methyl/N-ethyl adjacent to an activating group) is 1. The van der Waals surface area contributed by atoms with Crippen LogP contribution in [-0.4, -0.2) is 61.2 Å². The Hall–Kier alpha value is -0.120. The largest absolute Gasteiger partial charge is 0.313 e. The molecule has 0 spiro atoms. The molecule has 2 rings (SSSR count). The van der Waals surface area contributed by atoms with Crippen molar-refractivity contribution in [1.82, 2.24) is 15.1 Å². The molecule has 0 bridgehead atoms. The second kappa shape index (κ2) is 6.72. The van der Waals surface area contributed by atoms with Crippen molar-refractivity contribution in [1.29, 1.82) is 0 Å². The average Bonchev–Trinajstić information content (AvgIpc) is 2.64. The molecular formula is C14H29N3. The van der Waals surface area contributed by atoms with Gasteiger partial charge in [0.25, 0.3) is 0 Å². The third kappa shape index (κ3) is 3.67. The Labute approximate surface area is 107 Å². The van der Waals surface area contributed by atoms with E-state index in [2.05, 4.69) is 29.0 Å². The summed E-state index contributed by atoms with van der Waals surface area (Å²) < 4.78 is 0. The van der Waals surface area contributed by atoms with E-state index in [1.54, 1.807) is 0 Å². The molecule has 0 aromatic carbocycles. The predicted molar refractivity (Wildman–Crippen MR) is 73.4 cm³/mol. The van der Waals surface area contributed by atoms with Crippen LogP contribution in [0.15, 0.2) is 0 Å². The minimum Gasteiger partial charge on any atom is -0.313 e. The molecule has 2 atom stereocenters. The van der Waals surface area contributed by atoms with Crippen LogP contribution in [0.3, 0.4) is 0 Å². The first kappa shape index (κ1) is 13.3. The van der Waals surface area contributed by atoms with Crippen LogP contribution >= 0.6 is 0 Å². The van der Waals surface area contributed by atoms with E-state index in [4.69, 9.17) is 0 Å². The Morgan fingerprint density at radius 1 is 1.12 bits per heavy atom. The summed E-state index contributed by atoms with van der Waals surface area (Å²) in [6, 6.07) is 1.58. The summed E-state index contributed by atoms with van der Waals surface area (Å²) in [6.07, 6.45) is 5.41. The zero-order chi connectivity index (χ0) is 12.1. The molecule has 0 aromatic rings. The molecule has 2 saturated heterocycles. The first-order valence-electron chi connectivity index (χ1n) is 7.53. The molecular weight excluding hydrogens is 210 g/mol. The summed E-state index contributed by atoms with van der Waals surface area (Å²) >= 11 is 0. The molecule has 3 nitrogen and oxygen atoms in total. The summed E-state index contributed by atoms with van der Waals surface area (Å²) in [6.45, 7) is 12.2. The molecule has 1 N–H and O–H groups in total. The standard InChI is InChI=1S/C14H29N3/c1-3-13-7-10-17(11-8-15-13)14-6-5-9-16(4-2)12-14/h13-15H,3-12H2,1-2H3. The van der Waals surface area contributed by atoms with Crippen LogP contribution in [0.1, 0.15) is 39.5 Å². The van der Waals surface area contributed by atoms with Gasteiger partial charge in [0.15, 0.2) is 0 Å². The van der Waals surface area contributed by atoms with Gasteiger partial charge >= 0.3 is 0 Å². The summed E-state index contributed by atoms with van der Waals surface area (Å²) in [5.41, 5.74) is 0. The topological polar surface area (TPSA) is 18.5 Å². The fourth-order valence-electron chi connectivity index (χ4n) is 3.28. The van der Waals surface area contributed by atoms with Crippen molar-refractivity contribution < 1.29 is 0 Å². The highest BCUT2D eigenvalue weighted by Crippen LogP contribution is 2.17. The highest BCUT2D eigenvalue weighted by molar-refractivity contribution is 4.84. The molecule has 17 heavy (non-hydrogen) atoms. The Balaban J connectivity index is 1.84. The zero-order valence-corrected chi connectivity index (χ0v) is 11.6. The first-order valence-corrected chi connectivity index (χ1v) is 7.53. The smallest absolute Gasteiger partial charge is 0.0224 e. The van der Waals surface area contributed by atoms with Gasteiger partial charge in [-0.05, 0) is 38.8 Å². The molecule has 0 saturated carbocycles. The van der Waals surface area contributed by atoms with Gasteiger partial charge in [0.2, 0.25) is 0 Å². The monoisotopic (exact) mass is 239 g/mol. The number of rotatable bonds is 3. The van der Waals surface area contributed by atoms with Gasteiger partial charge in [0.1, 0.15) is 0 Å². The quantitative estimate of drug-likeness (QED) is 0.806. The van der Waals surface area contributed by atoms with Crippen LogP contribution in [0.25, 0.3) is 0 Å². The summed E-state index contributed by atoms with van der Waals surface area (Å²) in [7, 11) is 0. The number of nitrogens with zero attached hydrogens (tertiary/aromatic N) is 2. The van der Waals surface area contributed by atoms with Gasteiger partial charge in [-0.3, -0.25) is 4.90 Å². The molecule has 2 aliphatic rings. The lowest BCUT2D eigenvalue weighted by molar-refractivity contribution is 0.105. The van der Waals surface area contributed by atoms with Gasteiger partial charge in [-0.25, -0.2) is 0 Å². The molecule has 0 aliphatic carbocycles. The average molecular weight is 239 g/mol. The highest BCUT2D eigenvalue weighted by atomic mass is 15.2. The minimum atomic E-state index is 0.755. The summed E-state index contributed by atoms with van der Waals surface area (Å²) in [5.74, 6) is 0. The van der Waals surface area contributed by atoms with Crippen LogP contribution in [0.2, 0.25) is 0 Å². The van der Waals surface area contributed by atoms with Crippen LogP contribution < -0.4 is 5.32 Å². The van der Waals surface area contributed by atoms with Gasteiger partial charge in [0, 0.05) is 38.3 Å². The molecule has 0 radical (unpaired) electrons. The molecule has 0 aromatic heterocycles. The maximum atomic E-state index is 3.67. The third-order valence-electron chi connectivity index (χ3n) is 4.53. The molecule has 2 unspecified atom stereocenters. The van der Waals surface area contributed by atoms with E-state index < -0.39 is 0 Å². The number of nitrogens with one attached hydrogen (secondary N) is 1. The first-order chi connectivity index (χ1) is 8.33. The van der Waals surface area contributed by atoms with Crippen LogP contribution in [0.5, 0.6) is 0 Å². The van der Waals surface area contributed by atoms with Gasteiger partial charge in [0.05, 0.1) is 0 Å². The number of likely N-dealkylation sites (tertiary alicyclic amines) is 1. The highest BCUT2D eigenvalue weighted by Gasteiger charge is 2.26. The minimum absolute atomic E-state index is 0.755. The lowest BCUT2D eigenvalue weighted by Crippen LogP contribution is -2.48. The SMILES string of the molecule is CCC1CCN(C2CCCN(CC)C2)CCN1. The van der Waals surface area contributed by atoms with E-state index in [-0.39, 0.29) is 0 Å². The maximum absolute atomic E-state index is 3.67. The fraction of sp³-hybridized carbons (Fsp3) is 1.00. The van der Waals surface area contributed by atoms with Crippen molar-refractivity contribution in [2.45, 2.75) is 51.6 Å². The van der Waals surface area contributed by atoms with E-state index in [1.165, 1.54) is 65.0 Å². The van der Waals surface area contributed by atoms with E-state index in [0.29, 0.717) is 0 Å². The second-order valence-corrected chi connectivity index (χ2v) is 5.57. The fourth-order valence-corrected chi connectivity index (χ4v) is 3.28. The molecule has 2 fully saturated rings. The Morgan fingerprint density at radius 2 is 2.00 bits per heavy atom. The van der Waals surface area contributed by atoms with Crippen LogP contribution in [0, 0.1) is 0 Å².